The van der Waals surface area contributed by atoms with Gasteiger partial charge in [-0.15, -0.1) is 0 Å². The Kier molecular flexibility index (Phi) is 9.41. The first-order valence-corrected chi connectivity index (χ1v) is 11.9. The topological polar surface area (TPSA) is 9.23 Å². The summed E-state index contributed by atoms with van der Waals surface area (Å²) in [4.78, 5) is 0. The zero-order chi connectivity index (χ0) is 14.2. The maximum Gasteiger partial charge on any atom is 0.191 e. The Hall–Kier alpha value is 0.907. The van der Waals surface area contributed by atoms with Crippen molar-refractivity contribution in [3.8, 4) is 0 Å². The zero-order valence-electron chi connectivity index (χ0n) is 13.3. The molecule has 3 heteroatoms. The molecular weight excluding hydrogens is 351 g/mol. The van der Waals surface area contributed by atoms with Gasteiger partial charge >= 0.3 is 0 Å². The molecule has 0 fully saturated rings. The SMILES string of the molecule is CCCC(CI)CCCCO[Si](C)(C)C(C)(C)C. The second-order valence-corrected chi connectivity index (χ2v) is 12.6. The van der Waals surface area contributed by atoms with Crippen LogP contribution in [-0.2, 0) is 4.43 Å². The third kappa shape index (κ3) is 7.48. The molecule has 1 unspecified atom stereocenters. The molecule has 0 aliphatic rings. The third-order valence-corrected chi connectivity index (χ3v) is 9.97. The lowest BCUT2D eigenvalue weighted by atomic mass is 9.99. The van der Waals surface area contributed by atoms with Gasteiger partial charge in [0.05, 0.1) is 0 Å². The molecule has 0 N–H and O–H groups in total. The van der Waals surface area contributed by atoms with Crippen molar-refractivity contribution in [2.24, 2.45) is 5.92 Å². The van der Waals surface area contributed by atoms with Crippen molar-refractivity contribution in [1.82, 2.24) is 0 Å². The number of hydrogen-bond acceptors (Lipinski definition) is 1. The molecule has 1 nitrogen and oxygen atoms in total. The molecule has 0 amide bonds. The lowest BCUT2D eigenvalue weighted by Crippen LogP contribution is -2.40. The van der Waals surface area contributed by atoms with E-state index in [1.807, 2.05) is 0 Å². The van der Waals surface area contributed by atoms with E-state index in [4.69, 9.17) is 4.43 Å². The average molecular weight is 384 g/mol. The monoisotopic (exact) mass is 384 g/mol. The Labute approximate surface area is 130 Å². The summed E-state index contributed by atoms with van der Waals surface area (Å²) in [5.74, 6) is 0.934. The Bertz CT molecular complexity index is 211. The van der Waals surface area contributed by atoms with E-state index in [0.29, 0.717) is 5.04 Å². The van der Waals surface area contributed by atoms with Crippen LogP contribution in [-0.4, -0.2) is 19.4 Å². The molecule has 0 aromatic rings. The molecule has 0 aliphatic carbocycles. The van der Waals surface area contributed by atoms with E-state index >= 15 is 0 Å². The molecule has 0 radical (unpaired) electrons. The molecule has 0 rings (SSSR count). The Morgan fingerprint density at radius 1 is 1.11 bits per heavy atom. The highest BCUT2D eigenvalue weighted by Gasteiger charge is 2.36. The fourth-order valence-corrected chi connectivity index (χ4v) is 3.75. The first kappa shape index (κ1) is 18.9. The van der Waals surface area contributed by atoms with Crippen LogP contribution in [0, 0.1) is 5.92 Å². The van der Waals surface area contributed by atoms with Crippen molar-refractivity contribution in [3.05, 3.63) is 0 Å². The number of rotatable bonds is 9. The molecule has 1 atom stereocenters. The first-order valence-electron chi connectivity index (χ1n) is 7.44. The largest absolute Gasteiger partial charge is 0.417 e. The van der Waals surface area contributed by atoms with E-state index in [-0.39, 0.29) is 0 Å². The van der Waals surface area contributed by atoms with Gasteiger partial charge in [-0.05, 0) is 43.3 Å². The van der Waals surface area contributed by atoms with E-state index in [9.17, 15) is 0 Å². The van der Waals surface area contributed by atoms with Crippen molar-refractivity contribution in [1.29, 1.82) is 0 Å². The highest BCUT2D eigenvalue weighted by Crippen LogP contribution is 2.36. The summed E-state index contributed by atoms with van der Waals surface area (Å²) in [7, 11) is -1.51. The van der Waals surface area contributed by atoms with Crippen molar-refractivity contribution in [2.75, 3.05) is 11.0 Å². The van der Waals surface area contributed by atoms with Gasteiger partial charge in [-0.3, -0.25) is 0 Å². The fourth-order valence-electron chi connectivity index (χ4n) is 1.79. The van der Waals surface area contributed by atoms with Gasteiger partial charge in [0.25, 0.3) is 0 Å². The maximum absolute atomic E-state index is 6.21. The van der Waals surface area contributed by atoms with E-state index in [1.54, 1.807) is 0 Å². The highest BCUT2D eigenvalue weighted by atomic mass is 127. The molecule has 110 valence electrons. The fraction of sp³-hybridized carbons (Fsp3) is 1.00. The van der Waals surface area contributed by atoms with Crippen LogP contribution in [0.5, 0.6) is 0 Å². The molecule has 0 aliphatic heterocycles. The number of alkyl halides is 1. The molecule has 0 bridgehead atoms. The van der Waals surface area contributed by atoms with Gasteiger partial charge < -0.3 is 4.43 Å². The minimum atomic E-state index is -1.51. The Morgan fingerprint density at radius 2 is 1.72 bits per heavy atom. The van der Waals surface area contributed by atoms with Crippen LogP contribution in [0.15, 0.2) is 0 Å². The summed E-state index contributed by atoms with van der Waals surface area (Å²) < 4.78 is 7.52. The number of hydrogen-bond donors (Lipinski definition) is 0. The maximum atomic E-state index is 6.21. The van der Waals surface area contributed by atoms with Crippen LogP contribution in [0.25, 0.3) is 0 Å². The molecule has 18 heavy (non-hydrogen) atoms. The highest BCUT2D eigenvalue weighted by molar-refractivity contribution is 14.1. The van der Waals surface area contributed by atoms with Gasteiger partial charge in [0.15, 0.2) is 8.32 Å². The van der Waals surface area contributed by atoms with Crippen LogP contribution in [0.4, 0.5) is 0 Å². The predicted octanol–water partition coefficient (Wildman–Crippen LogP) is 6.03. The number of halogens is 1. The number of unbranched alkanes of at least 4 members (excludes halogenated alkanes) is 1. The minimum Gasteiger partial charge on any atom is -0.417 e. The quantitative estimate of drug-likeness (QED) is 0.204. The molecular formula is C15H33IOSi. The average Bonchev–Trinajstić information content (AvgIpc) is 2.25. The summed E-state index contributed by atoms with van der Waals surface area (Å²) in [5, 5.41) is 0.347. The van der Waals surface area contributed by atoms with Crippen LogP contribution in [0.3, 0.4) is 0 Å². The van der Waals surface area contributed by atoms with Gasteiger partial charge in [-0.25, -0.2) is 0 Å². The second-order valence-electron chi connectivity index (χ2n) is 6.91. The molecule has 0 saturated carbocycles. The van der Waals surface area contributed by atoms with E-state index in [1.165, 1.54) is 36.5 Å². The third-order valence-electron chi connectivity index (χ3n) is 4.19. The minimum absolute atomic E-state index is 0.347. The lowest BCUT2D eigenvalue weighted by molar-refractivity contribution is 0.274. The van der Waals surface area contributed by atoms with Gasteiger partial charge in [-0.1, -0.05) is 63.1 Å². The molecule has 0 aromatic heterocycles. The van der Waals surface area contributed by atoms with Crippen molar-refractivity contribution in [3.63, 3.8) is 0 Å². The van der Waals surface area contributed by atoms with Gasteiger partial charge in [0.2, 0.25) is 0 Å². The summed E-state index contributed by atoms with van der Waals surface area (Å²) >= 11 is 2.53. The van der Waals surface area contributed by atoms with Crippen molar-refractivity contribution in [2.45, 2.75) is 77.9 Å². The predicted molar refractivity (Wildman–Crippen MR) is 94.3 cm³/mol. The van der Waals surface area contributed by atoms with Gasteiger partial charge in [-0.2, -0.15) is 0 Å². The lowest BCUT2D eigenvalue weighted by Gasteiger charge is -2.36. The van der Waals surface area contributed by atoms with Crippen LogP contribution >= 0.6 is 22.6 Å². The Morgan fingerprint density at radius 3 is 2.17 bits per heavy atom. The summed E-state index contributed by atoms with van der Waals surface area (Å²) in [6.45, 7) is 14.9. The molecule has 0 heterocycles. The summed E-state index contributed by atoms with van der Waals surface area (Å²) in [6, 6.07) is 0. The van der Waals surface area contributed by atoms with E-state index in [0.717, 1.165) is 12.5 Å². The zero-order valence-corrected chi connectivity index (χ0v) is 16.5. The van der Waals surface area contributed by atoms with Crippen molar-refractivity contribution < 1.29 is 4.43 Å². The van der Waals surface area contributed by atoms with E-state index in [2.05, 4.69) is 63.4 Å². The standard InChI is InChI=1S/C15H33IOSi/c1-7-10-14(13-16)11-8-9-12-17-18(5,6)15(2,3)4/h14H,7-13H2,1-6H3. The van der Waals surface area contributed by atoms with Gasteiger partial charge in [0.1, 0.15) is 0 Å². The molecule has 0 spiro atoms. The van der Waals surface area contributed by atoms with Crippen LogP contribution < -0.4 is 0 Å². The van der Waals surface area contributed by atoms with E-state index < -0.39 is 8.32 Å². The summed E-state index contributed by atoms with van der Waals surface area (Å²) in [6.07, 6.45) is 6.68. The smallest absolute Gasteiger partial charge is 0.191 e. The van der Waals surface area contributed by atoms with Crippen LogP contribution in [0.1, 0.15) is 59.8 Å². The Balaban J connectivity index is 3.74. The molecule has 0 aromatic carbocycles. The second kappa shape index (κ2) is 8.96. The first-order chi connectivity index (χ1) is 8.24. The van der Waals surface area contributed by atoms with Crippen LogP contribution in [0.2, 0.25) is 18.1 Å². The molecule has 0 saturated heterocycles. The normalized spacial score (nSPS) is 14.8. The van der Waals surface area contributed by atoms with Gasteiger partial charge in [0, 0.05) is 11.0 Å². The van der Waals surface area contributed by atoms with Crippen molar-refractivity contribution >= 4 is 30.9 Å². The summed E-state index contributed by atoms with van der Waals surface area (Å²) in [5.41, 5.74) is 0.